The number of amides is 1. The summed E-state index contributed by atoms with van der Waals surface area (Å²) in [6.07, 6.45) is 1.60. The van der Waals surface area contributed by atoms with E-state index in [1.165, 1.54) is 5.56 Å². The highest BCUT2D eigenvalue weighted by Gasteiger charge is 2.66. The van der Waals surface area contributed by atoms with Crippen LogP contribution in [0.1, 0.15) is 12.0 Å². The van der Waals surface area contributed by atoms with E-state index in [-0.39, 0.29) is 11.9 Å². The molecule has 5 heteroatoms. The molecule has 17 heavy (non-hydrogen) atoms. The van der Waals surface area contributed by atoms with Gasteiger partial charge >= 0.3 is 0 Å². The molecule has 2 fully saturated rings. The van der Waals surface area contributed by atoms with Crippen molar-refractivity contribution in [2.75, 3.05) is 0 Å². The van der Waals surface area contributed by atoms with Gasteiger partial charge < -0.3 is 4.90 Å². The lowest BCUT2D eigenvalue weighted by Crippen LogP contribution is -2.42. The number of nitrogens with one attached hydrogen (secondary N) is 1. The first-order valence-electron chi connectivity index (χ1n) is 5.91. The molecule has 87 valence electrons. The second-order valence-corrected chi connectivity index (χ2v) is 4.64. The van der Waals surface area contributed by atoms with Crippen LogP contribution in [-0.2, 0) is 11.2 Å². The molecule has 2 N–H and O–H groups in total. The Hall–Kier alpha value is -1.33. The third kappa shape index (κ3) is 2.08. The molecule has 4 nitrogen and oxygen atoms in total. The van der Waals surface area contributed by atoms with Gasteiger partial charge in [0.1, 0.15) is 0 Å². The van der Waals surface area contributed by atoms with Gasteiger partial charge in [0.05, 0.1) is 6.04 Å². The molecular weight excluding hydrogens is 215 g/mol. The minimum Gasteiger partial charge on any atom is -0.300 e. The molecule has 0 bridgehead atoms. The number of hydroxylamine groups is 1. The van der Waals surface area contributed by atoms with Crippen molar-refractivity contribution in [3.05, 3.63) is 35.9 Å². The first kappa shape index (κ1) is 10.8. The number of rotatable bonds is 5. The Morgan fingerprint density at radius 1 is 1.41 bits per heavy atom. The van der Waals surface area contributed by atoms with Crippen molar-refractivity contribution >= 4 is 13.2 Å². The number of hydrogen-bond acceptors (Lipinski definition) is 3. The lowest BCUT2D eigenvalue weighted by molar-refractivity contribution is -0.133. The van der Waals surface area contributed by atoms with Gasteiger partial charge in [0.25, 0.3) is 5.91 Å². The highest BCUT2D eigenvalue weighted by molar-refractivity contribution is 6.59. The van der Waals surface area contributed by atoms with E-state index in [2.05, 4.69) is 24.3 Å². The highest BCUT2D eigenvalue weighted by Crippen LogP contribution is 2.44. The fourth-order valence-corrected chi connectivity index (χ4v) is 2.38. The van der Waals surface area contributed by atoms with E-state index in [0.29, 0.717) is 11.9 Å². The van der Waals surface area contributed by atoms with E-state index < -0.39 is 0 Å². The van der Waals surface area contributed by atoms with Crippen molar-refractivity contribution in [3.8, 4) is 0 Å². The minimum atomic E-state index is -0.290. The molecule has 3 rings (SSSR count). The first-order valence-corrected chi connectivity index (χ1v) is 5.91. The maximum atomic E-state index is 11.6. The quantitative estimate of drug-likeness (QED) is 0.327. The molecule has 1 amide bonds. The van der Waals surface area contributed by atoms with Gasteiger partial charge in [-0.05, 0) is 30.3 Å². The molecule has 1 aromatic carbocycles. The van der Waals surface area contributed by atoms with Crippen LogP contribution in [0.3, 0.4) is 0 Å². The average molecular weight is 229 g/mol. The summed E-state index contributed by atoms with van der Waals surface area (Å²) in [5.41, 5.74) is 2.99. The molecule has 2 unspecified atom stereocenters. The number of benzene rings is 1. The van der Waals surface area contributed by atoms with Crippen LogP contribution in [0.2, 0.25) is 0 Å². The van der Waals surface area contributed by atoms with Gasteiger partial charge in [0.15, 0.2) is 7.28 Å². The Bertz CT molecular complexity index is 418. The molecule has 2 heterocycles. The Morgan fingerprint density at radius 3 is 2.65 bits per heavy atom. The van der Waals surface area contributed by atoms with E-state index in [0.717, 1.165) is 12.8 Å². The van der Waals surface area contributed by atoms with E-state index in [9.17, 15) is 4.79 Å². The largest absolute Gasteiger partial charge is 0.300 e. The molecule has 2 aliphatic rings. The minimum absolute atomic E-state index is 0.194. The number of aryl methyl sites for hydroxylation is 1. The summed E-state index contributed by atoms with van der Waals surface area (Å²) in [5.74, 6) is 0.697. The van der Waals surface area contributed by atoms with Crippen molar-refractivity contribution in [2.45, 2.75) is 30.8 Å². The maximum Gasteiger partial charge on any atom is 0.260 e. The van der Waals surface area contributed by atoms with Crippen LogP contribution in [0.15, 0.2) is 30.3 Å². The third-order valence-electron chi connectivity index (χ3n) is 3.52. The second-order valence-electron chi connectivity index (χ2n) is 4.64. The fraction of sp³-hybridized carbons (Fsp3) is 0.417. The molecule has 3 atom stereocenters. The van der Waals surface area contributed by atoms with Crippen molar-refractivity contribution in [1.29, 1.82) is 0 Å². The van der Waals surface area contributed by atoms with Crippen LogP contribution < -0.4 is 5.48 Å². The zero-order valence-electron chi connectivity index (χ0n) is 9.41. The van der Waals surface area contributed by atoms with Crippen LogP contribution >= 0.6 is 0 Å². The smallest absolute Gasteiger partial charge is 0.260 e. The number of nitrogens with zero attached hydrogens (tertiary/aromatic N) is 1. The van der Waals surface area contributed by atoms with Crippen LogP contribution in [-0.4, -0.2) is 41.2 Å². The summed E-state index contributed by atoms with van der Waals surface area (Å²) in [6.45, 7) is 0. The molecule has 1 radical (unpaired) electrons. The predicted octanol–water partition coefficient (Wildman–Crippen LogP) is 0.179. The molecule has 1 aromatic rings. The van der Waals surface area contributed by atoms with E-state index in [1.54, 1.807) is 5.48 Å². The second kappa shape index (κ2) is 4.16. The van der Waals surface area contributed by atoms with Crippen LogP contribution in [0.5, 0.6) is 0 Å². The average Bonchev–Trinajstić information content (AvgIpc) is 3.25. The predicted molar refractivity (Wildman–Crippen MR) is 63.6 cm³/mol. The van der Waals surface area contributed by atoms with Gasteiger partial charge in [-0.25, -0.2) is 5.48 Å². The normalized spacial score (nSPS) is 29.8. The maximum absolute atomic E-state index is 11.6. The van der Waals surface area contributed by atoms with E-state index in [4.69, 9.17) is 5.21 Å². The zero-order chi connectivity index (χ0) is 11.8. The lowest BCUT2D eigenvalue weighted by atomic mass is 9.95. The summed E-state index contributed by atoms with van der Waals surface area (Å²) < 4.78 is 0. The van der Waals surface area contributed by atoms with Gasteiger partial charge in [-0.1, -0.05) is 30.3 Å². The van der Waals surface area contributed by atoms with Crippen molar-refractivity contribution < 1.29 is 10.0 Å². The summed E-state index contributed by atoms with van der Waals surface area (Å²) in [5, 5.41) is 8.74. The zero-order valence-corrected chi connectivity index (χ0v) is 9.41. The van der Waals surface area contributed by atoms with Crippen molar-refractivity contribution in [3.63, 3.8) is 0 Å². The van der Waals surface area contributed by atoms with Crippen molar-refractivity contribution in [2.24, 2.45) is 0 Å². The highest BCUT2D eigenvalue weighted by atomic mass is 16.5. The van der Waals surface area contributed by atoms with Gasteiger partial charge in [-0.2, -0.15) is 0 Å². The Morgan fingerprint density at radius 2 is 2.12 bits per heavy atom. The molecule has 0 aromatic heterocycles. The summed E-state index contributed by atoms with van der Waals surface area (Å²) >= 11 is 0. The number of hydrogen-bond donors (Lipinski definition) is 2. The van der Waals surface area contributed by atoms with Crippen molar-refractivity contribution in [1.82, 2.24) is 10.4 Å². The van der Waals surface area contributed by atoms with Gasteiger partial charge in [-0.3, -0.25) is 10.0 Å². The van der Waals surface area contributed by atoms with Gasteiger partial charge in [0.2, 0.25) is 0 Å². The first-order chi connectivity index (χ1) is 8.31. The van der Waals surface area contributed by atoms with E-state index >= 15 is 0 Å². The molecule has 2 aliphatic heterocycles. The van der Waals surface area contributed by atoms with Gasteiger partial charge in [-0.15, -0.1) is 0 Å². The number of carbonyl (C=O) groups is 1. The molecule has 0 aliphatic carbocycles. The Kier molecular flexibility index (Phi) is 2.65. The monoisotopic (exact) mass is 229 g/mol. The Balaban J connectivity index is 1.59. The molecule has 0 saturated carbocycles. The van der Waals surface area contributed by atoms with Crippen LogP contribution in [0, 0.1) is 0 Å². The lowest BCUT2D eigenvalue weighted by Gasteiger charge is -2.20. The molecule has 0 spiro atoms. The molecular formula is C12H14BN2O2. The Labute approximate surface area is 101 Å². The topological polar surface area (TPSA) is 52.3 Å². The van der Waals surface area contributed by atoms with Gasteiger partial charge in [0, 0.05) is 0 Å². The van der Waals surface area contributed by atoms with Crippen LogP contribution in [0.4, 0.5) is 0 Å². The standard InChI is InChI=1S/C12H14BN2O2/c16-12(14-17)9(15-10-11(15)13-10)7-6-8-4-2-1-3-5-8/h1-5,9-11,17H,6-7H2,(H,14,16)/t9-,10?,11?,15?/m0/s1. The summed E-state index contributed by atoms with van der Waals surface area (Å²) in [7, 11) is 2.19. The summed E-state index contributed by atoms with van der Waals surface area (Å²) in [6, 6.07) is 9.90. The molecule has 2 saturated heterocycles. The fourth-order valence-electron chi connectivity index (χ4n) is 2.38. The number of carbonyl (C=O) groups excluding carboxylic acids is 1. The summed E-state index contributed by atoms with van der Waals surface area (Å²) in [4.78, 5) is 13.7. The third-order valence-corrected chi connectivity index (χ3v) is 3.52. The number of fused-ring (bicyclic) bond motifs is 1. The SMILES string of the molecule is O=C(NO)[C@H](CCc1ccccc1)N1C2[B]C21. The van der Waals surface area contributed by atoms with E-state index in [1.807, 2.05) is 18.2 Å². The van der Waals surface area contributed by atoms with Crippen LogP contribution in [0.25, 0.3) is 0 Å².